The minimum atomic E-state index is 1.20. The van der Waals surface area contributed by atoms with E-state index in [2.05, 4.69) is 35.8 Å². The van der Waals surface area contributed by atoms with Crippen molar-refractivity contribution in [2.45, 2.75) is 19.3 Å². The lowest BCUT2D eigenvalue weighted by molar-refractivity contribution is 0.213. The third-order valence-corrected chi connectivity index (χ3v) is 3.31. The lowest BCUT2D eigenvalue weighted by Crippen LogP contribution is -2.36. The van der Waals surface area contributed by atoms with Crippen LogP contribution in [0.4, 0.5) is 0 Å². The Bertz CT molecular complexity index is 145. The first-order valence-electron chi connectivity index (χ1n) is 6.24. The summed E-state index contributed by atoms with van der Waals surface area (Å²) in [5, 5.41) is 0. The van der Waals surface area contributed by atoms with Gasteiger partial charge >= 0.3 is 0 Å². The Kier molecular flexibility index (Phi) is 6.22. The average Bonchev–Trinajstić information content (AvgIpc) is 2.21. The van der Waals surface area contributed by atoms with Crippen molar-refractivity contribution in [1.82, 2.24) is 14.7 Å². The molecule has 0 unspecified atom stereocenters. The number of rotatable bonds is 0. The lowest BCUT2D eigenvalue weighted by Gasteiger charge is -2.25. The maximum absolute atomic E-state index is 2.46. The highest BCUT2D eigenvalue weighted by Crippen LogP contribution is 2.01. The van der Waals surface area contributed by atoms with E-state index in [4.69, 9.17) is 0 Å². The summed E-state index contributed by atoms with van der Waals surface area (Å²) in [6.45, 7) is 7.34. The maximum atomic E-state index is 2.46. The van der Waals surface area contributed by atoms with E-state index in [0.29, 0.717) is 0 Å². The third kappa shape index (κ3) is 6.13. The van der Waals surface area contributed by atoms with Crippen molar-refractivity contribution in [2.24, 2.45) is 0 Å². The molecular formula is C12H27N3. The molecule has 3 nitrogen and oxygen atoms in total. The predicted octanol–water partition coefficient (Wildman–Crippen LogP) is 0.966. The van der Waals surface area contributed by atoms with Crippen molar-refractivity contribution in [3.8, 4) is 0 Å². The molecule has 90 valence electrons. The van der Waals surface area contributed by atoms with E-state index in [9.17, 15) is 0 Å². The molecule has 1 aliphatic rings. The van der Waals surface area contributed by atoms with Crippen LogP contribution in [0.2, 0.25) is 0 Å². The molecule has 0 N–H and O–H groups in total. The van der Waals surface area contributed by atoms with Crippen molar-refractivity contribution in [2.75, 3.05) is 60.4 Å². The highest BCUT2D eigenvalue weighted by molar-refractivity contribution is 4.62. The normalized spacial score (nSPS) is 25.8. The van der Waals surface area contributed by atoms with Crippen molar-refractivity contribution >= 4 is 0 Å². The molecule has 15 heavy (non-hydrogen) atoms. The smallest absolute Gasteiger partial charge is 0.0107 e. The van der Waals surface area contributed by atoms with Crippen LogP contribution < -0.4 is 0 Å². The van der Waals surface area contributed by atoms with E-state index >= 15 is 0 Å². The van der Waals surface area contributed by atoms with Gasteiger partial charge in [0, 0.05) is 26.2 Å². The van der Waals surface area contributed by atoms with E-state index in [1.807, 2.05) is 0 Å². The molecule has 1 aliphatic heterocycles. The van der Waals surface area contributed by atoms with Crippen LogP contribution >= 0.6 is 0 Å². The Morgan fingerprint density at radius 2 is 0.800 bits per heavy atom. The second kappa shape index (κ2) is 7.20. The van der Waals surface area contributed by atoms with Gasteiger partial charge < -0.3 is 14.7 Å². The summed E-state index contributed by atoms with van der Waals surface area (Å²) >= 11 is 0. The lowest BCUT2D eigenvalue weighted by atomic mass is 10.2. The number of nitrogens with zero attached hydrogens (tertiary/aromatic N) is 3. The monoisotopic (exact) mass is 213 g/mol. The first-order chi connectivity index (χ1) is 7.18. The van der Waals surface area contributed by atoms with Crippen molar-refractivity contribution in [1.29, 1.82) is 0 Å². The van der Waals surface area contributed by atoms with E-state index in [1.54, 1.807) is 0 Å². The molecule has 0 bridgehead atoms. The van der Waals surface area contributed by atoms with Gasteiger partial charge in [-0.3, -0.25) is 0 Å². The molecule has 1 rings (SSSR count). The summed E-state index contributed by atoms with van der Waals surface area (Å²) in [5.74, 6) is 0. The van der Waals surface area contributed by atoms with Crippen molar-refractivity contribution in [3.63, 3.8) is 0 Å². The van der Waals surface area contributed by atoms with Gasteiger partial charge in [-0.05, 0) is 47.1 Å². The van der Waals surface area contributed by atoms with Gasteiger partial charge in [0.05, 0.1) is 0 Å². The second-order valence-corrected chi connectivity index (χ2v) is 4.97. The molecule has 1 saturated heterocycles. The number of hydrogen-bond donors (Lipinski definition) is 0. The molecule has 0 aromatic carbocycles. The topological polar surface area (TPSA) is 9.72 Å². The maximum Gasteiger partial charge on any atom is 0.0107 e. The van der Waals surface area contributed by atoms with Gasteiger partial charge in [0.1, 0.15) is 0 Å². The van der Waals surface area contributed by atoms with Crippen molar-refractivity contribution < 1.29 is 0 Å². The molecule has 3 heteroatoms. The molecule has 0 aliphatic carbocycles. The number of likely N-dealkylation sites (N-methyl/N-ethyl adjacent to an activating group) is 3. The SMILES string of the molecule is CN1CCCCCN(C)CCN(C)CC1. The summed E-state index contributed by atoms with van der Waals surface area (Å²) < 4.78 is 0. The van der Waals surface area contributed by atoms with Crippen LogP contribution in [0.25, 0.3) is 0 Å². The van der Waals surface area contributed by atoms with E-state index in [1.165, 1.54) is 58.5 Å². The van der Waals surface area contributed by atoms with Gasteiger partial charge in [0.15, 0.2) is 0 Å². The summed E-state index contributed by atoms with van der Waals surface area (Å²) in [7, 11) is 6.71. The summed E-state index contributed by atoms with van der Waals surface area (Å²) in [4.78, 5) is 7.36. The van der Waals surface area contributed by atoms with Crippen LogP contribution in [0.3, 0.4) is 0 Å². The largest absolute Gasteiger partial charge is 0.305 e. The molecule has 0 radical (unpaired) electrons. The van der Waals surface area contributed by atoms with Gasteiger partial charge in [-0.15, -0.1) is 0 Å². The Hall–Kier alpha value is -0.120. The van der Waals surface area contributed by atoms with Crippen LogP contribution in [0, 0.1) is 0 Å². The zero-order valence-corrected chi connectivity index (χ0v) is 10.7. The van der Waals surface area contributed by atoms with Crippen molar-refractivity contribution in [3.05, 3.63) is 0 Å². The fraction of sp³-hybridized carbons (Fsp3) is 1.00. The molecule has 0 saturated carbocycles. The number of hydrogen-bond acceptors (Lipinski definition) is 3. The summed E-state index contributed by atoms with van der Waals surface area (Å²) in [6.07, 6.45) is 4.09. The molecule has 0 spiro atoms. The van der Waals surface area contributed by atoms with Gasteiger partial charge in [-0.1, -0.05) is 6.42 Å². The first-order valence-corrected chi connectivity index (χ1v) is 6.24. The highest BCUT2D eigenvalue weighted by atomic mass is 15.2. The van der Waals surface area contributed by atoms with E-state index in [0.717, 1.165) is 0 Å². The highest BCUT2D eigenvalue weighted by Gasteiger charge is 2.06. The first kappa shape index (κ1) is 12.9. The molecular weight excluding hydrogens is 186 g/mol. The zero-order chi connectivity index (χ0) is 11.1. The summed E-state index contributed by atoms with van der Waals surface area (Å²) in [6, 6.07) is 0. The van der Waals surface area contributed by atoms with E-state index < -0.39 is 0 Å². The minimum absolute atomic E-state index is 1.20. The van der Waals surface area contributed by atoms with Crippen LogP contribution in [0.15, 0.2) is 0 Å². The van der Waals surface area contributed by atoms with Crippen LogP contribution in [0.1, 0.15) is 19.3 Å². The molecule has 1 fully saturated rings. The van der Waals surface area contributed by atoms with Gasteiger partial charge in [0.25, 0.3) is 0 Å². The van der Waals surface area contributed by atoms with Gasteiger partial charge in [-0.2, -0.15) is 0 Å². The Morgan fingerprint density at radius 1 is 0.467 bits per heavy atom. The van der Waals surface area contributed by atoms with Crippen LogP contribution in [0.5, 0.6) is 0 Å². The molecule has 0 aromatic rings. The molecule has 0 atom stereocenters. The van der Waals surface area contributed by atoms with Crippen LogP contribution in [-0.4, -0.2) is 75.1 Å². The molecule has 0 aromatic heterocycles. The minimum Gasteiger partial charge on any atom is -0.305 e. The Morgan fingerprint density at radius 3 is 1.20 bits per heavy atom. The predicted molar refractivity (Wildman–Crippen MR) is 66.3 cm³/mol. The van der Waals surface area contributed by atoms with Gasteiger partial charge in [0.2, 0.25) is 0 Å². The molecule has 1 heterocycles. The van der Waals surface area contributed by atoms with Crippen LogP contribution in [-0.2, 0) is 0 Å². The average molecular weight is 213 g/mol. The fourth-order valence-electron chi connectivity index (χ4n) is 1.96. The third-order valence-electron chi connectivity index (χ3n) is 3.31. The van der Waals surface area contributed by atoms with E-state index in [-0.39, 0.29) is 0 Å². The van der Waals surface area contributed by atoms with Gasteiger partial charge in [-0.25, -0.2) is 0 Å². The Balaban J connectivity index is 2.30. The second-order valence-electron chi connectivity index (χ2n) is 4.97. The fourth-order valence-corrected chi connectivity index (χ4v) is 1.96. The standard InChI is InChI=1S/C12H27N3/c1-13-7-5-4-6-8-14(2)10-12-15(3)11-9-13/h4-12H2,1-3H3. The molecule has 0 amide bonds. The zero-order valence-electron chi connectivity index (χ0n) is 10.7. The summed E-state index contributed by atoms with van der Waals surface area (Å²) in [5.41, 5.74) is 0. The quantitative estimate of drug-likeness (QED) is 0.593. The Labute approximate surface area is 95.0 Å².